The van der Waals surface area contributed by atoms with Gasteiger partial charge in [-0.15, -0.1) is 0 Å². The summed E-state index contributed by atoms with van der Waals surface area (Å²) in [5.74, 6) is -0.105. The molecule has 0 saturated heterocycles. The molecule has 0 unspecified atom stereocenters. The van der Waals surface area contributed by atoms with Crippen LogP contribution in [0.1, 0.15) is 10.4 Å². The van der Waals surface area contributed by atoms with Crippen molar-refractivity contribution < 1.29 is 9.21 Å². The van der Waals surface area contributed by atoms with Crippen molar-refractivity contribution in [1.29, 1.82) is 0 Å². The summed E-state index contributed by atoms with van der Waals surface area (Å²) >= 11 is 0. The van der Waals surface area contributed by atoms with Gasteiger partial charge in [-0.3, -0.25) is 4.79 Å². The lowest BCUT2D eigenvalue weighted by Crippen LogP contribution is -2.31. The minimum absolute atomic E-state index is 0.105. The average molecular weight is 333 g/mol. The molecule has 1 N–H and O–H groups in total. The Morgan fingerprint density at radius 3 is 2.76 bits per heavy atom. The minimum Gasteiger partial charge on any atom is -0.454 e. The molecule has 0 bridgehead atoms. The van der Waals surface area contributed by atoms with Crippen molar-refractivity contribution in [3.05, 3.63) is 54.1 Å². The second-order valence-electron chi connectivity index (χ2n) is 6.37. The number of pyridine rings is 1. The van der Waals surface area contributed by atoms with Gasteiger partial charge in [-0.2, -0.15) is 0 Å². The molecule has 0 aliphatic rings. The van der Waals surface area contributed by atoms with Gasteiger partial charge in [0.1, 0.15) is 11.1 Å². The average Bonchev–Trinajstić information content (AvgIpc) is 2.96. The summed E-state index contributed by atoms with van der Waals surface area (Å²) in [5.41, 5.74) is 3.61. The van der Waals surface area contributed by atoms with E-state index in [0.717, 1.165) is 34.0 Å². The van der Waals surface area contributed by atoms with E-state index in [1.54, 1.807) is 0 Å². The first-order valence-corrected chi connectivity index (χ1v) is 8.27. The second-order valence-corrected chi connectivity index (χ2v) is 6.37. The number of nitrogens with one attached hydrogen (secondary N) is 1. The van der Waals surface area contributed by atoms with E-state index in [4.69, 9.17) is 9.40 Å². The van der Waals surface area contributed by atoms with Crippen LogP contribution in [0.3, 0.4) is 0 Å². The number of nitrogens with zero attached hydrogens (tertiary/aromatic N) is 2. The molecule has 1 amide bonds. The molecule has 2 heterocycles. The minimum atomic E-state index is -0.105. The van der Waals surface area contributed by atoms with Gasteiger partial charge in [-0.1, -0.05) is 24.3 Å². The van der Waals surface area contributed by atoms with Crippen LogP contribution in [0.15, 0.2) is 52.9 Å². The van der Waals surface area contributed by atoms with Crippen molar-refractivity contribution in [2.45, 2.75) is 0 Å². The molecule has 2 aromatic heterocycles. The van der Waals surface area contributed by atoms with E-state index >= 15 is 0 Å². The Bertz CT molecular complexity index is 1080. The van der Waals surface area contributed by atoms with Crippen molar-refractivity contribution in [2.75, 3.05) is 27.2 Å². The van der Waals surface area contributed by atoms with E-state index in [9.17, 15) is 4.79 Å². The van der Waals surface area contributed by atoms with E-state index in [-0.39, 0.29) is 5.91 Å². The molecule has 0 spiro atoms. The van der Waals surface area contributed by atoms with Crippen LogP contribution in [0.25, 0.3) is 33.0 Å². The highest BCUT2D eigenvalue weighted by molar-refractivity contribution is 6.11. The number of hydrogen-bond acceptors (Lipinski definition) is 4. The fourth-order valence-electron chi connectivity index (χ4n) is 2.99. The number of carbonyl (C=O) groups is 1. The Kier molecular flexibility index (Phi) is 3.86. The molecule has 5 heteroatoms. The van der Waals surface area contributed by atoms with Crippen LogP contribution in [-0.4, -0.2) is 43.0 Å². The Morgan fingerprint density at radius 1 is 1.08 bits per heavy atom. The molecule has 0 fully saturated rings. The SMILES string of the molecule is CN(C)CCNC(=O)c1cccc2cc3oc4ccccc4c3nc12. The third-order valence-corrected chi connectivity index (χ3v) is 4.26. The molecule has 5 nitrogen and oxygen atoms in total. The molecule has 0 aliphatic carbocycles. The highest BCUT2D eigenvalue weighted by Gasteiger charge is 2.14. The molecule has 0 aliphatic heterocycles. The van der Waals surface area contributed by atoms with Crippen molar-refractivity contribution >= 4 is 38.9 Å². The number of benzene rings is 2. The summed E-state index contributed by atoms with van der Waals surface area (Å²) < 4.78 is 5.88. The highest BCUT2D eigenvalue weighted by Crippen LogP contribution is 2.30. The first-order chi connectivity index (χ1) is 12.1. The highest BCUT2D eigenvalue weighted by atomic mass is 16.3. The van der Waals surface area contributed by atoms with Crippen LogP contribution in [0.2, 0.25) is 0 Å². The summed E-state index contributed by atoms with van der Waals surface area (Å²) in [7, 11) is 3.96. The number of aromatic nitrogens is 1. The maximum absolute atomic E-state index is 12.6. The summed E-state index contributed by atoms with van der Waals surface area (Å²) in [4.78, 5) is 19.4. The van der Waals surface area contributed by atoms with Gasteiger partial charge in [-0.25, -0.2) is 4.98 Å². The third-order valence-electron chi connectivity index (χ3n) is 4.26. The van der Waals surface area contributed by atoms with Gasteiger partial charge in [0.2, 0.25) is 0 Å². The smallest absolute Gasteiger partial charge is 0.253 e. The van der Waals surface area contributed by atoms with Crippen LogP contribution in [0.4, 0.5) is 0 Å². The van der Waals surface area contributed by atoms with Gasteiger partial charge in [0.15, 0.2) is 5.58 Å². The van der Waals surface area contributed by atoms with Crippen molar-refractivity contribution in [2.24, 2.45) is 0 Å². The van der Waals surface area contributed by atoms with Gasteiger partial charge in [-0.05, 0) is 38.4 Å². The standard InChI is InChI=1S/C20H19N3O2/c1-23(2)11-10-21-20(24)15-8-5-6-13-12-17-19(22-18(13)15)14-7-3-4-9-16(14)25-17/h3-9,12H,10-11H2,1-2H3,(H,21,24). The Labute approximate surface area is 145 Å². The molecule has 0 atom stereocenters. The quantitative estimate of drug-likeness (QED) is 0.622. The van der Waals surface area contributed by atoms with E-state index in [2.05, 4.69) is 5.32 Å². The monoisotopic (exact) mass is 333 g/mol. The first kappa shape index (κ1) is 15.6. The van der Waals surface area contributed by atoms with Crippen LogP contribution in [0.5, 0.6) is 0 Å². The molecule has 2 aromatic carbocycles. The maximum atomic E-state index is 12.6. The number of furan rings is 1. The largest absolute Gasteiger partial charge is 0.454 e. The number of amides is 1. The number of rotatable bonds is 4. The van der Waals surface area contributed by atoms with E-state index in [0.29, 0.717) is 17.6 Å². The molecule has 126 valence electrons. The van der Waals surface area contributed by atoms with E-state index in [1.807, 2.05) is 67.5 Å². The van der Waals surface area contributed by atoms with E-state index in [1.165, 1.54) is 0 Å². The van der Waals surface area contributed by atoms with Gasteiger partial charge in [0.05, 0.1) is 11.1 Å². The number of carbonyl (C=O) groups excluding carboxylic acids is 1. The Hall–Kier alpha value is -2.92. The van der Waals surface area contributed by atoms with Crippen LogP contribution in [0, 0.1) is 0 Å². The Morgan fingerprint density at radius 2 is 1.92 bits per heavy atom. The number of fused-ring (bicyclic) bond motifs is 4. The van der Waals surface area contributed by atoms with Crippen LogP contribution in [-0.2, 0) is 0 Å². The zero-order valence-corrected chi connectivity index (χ0v) is 14.2. The molecule has 25 heavy (non-hydrogen) atoms. The topological polar surface area (TPSA) is 58.4 Å². The number of hydrogen-bond donors (Lipinski definition) is 1. The third kappa shape index (κ3) is 2.83. The predicted octanol–water partition coefficient (Wildman–Crippen LogP) is 3.43. The zero-order chi connectivity index (χ0) is 17.4. The molecule has 0 saturated carbocycles. The fourth-order valence-corrected chi connectivity index (χ4v) is 2.99. The van der Waals surface area contributed by atoms with Gasteiger partial charge in [0, 0.05) is 23.9 Å². The molecule has 4 aromatic rings. The second kappa shape index (κ2) is 6.18. The molecular formula is C20H19N3O2. The summed E-state index contributed by atoms with van der Waals surface area (Å²) in [5, 5.41) is 4.81. The van der Waals surface area contributed by atoms with Gasteiger partial charge < -0.3 is 14.6 Å². The molecule has 4 rings (SSSR count). The van der Waals surface area contributed by atoms with Crippen LogP contribution >= 0.6 is 0 Å². The van der Waals surface area contributed by atoms with Gasteiger partial charge >= 0.3 is 0 Å². The van der Waals surface area contributed by atoms with E-state index < -0.39 is 0 Å². The zero-order valence-electron chi connectivity index (χ0n) is 14.2. The number of likely N-dealkylation sites (N-methyl/N-ethyl adjacent to an activating group) is 1. The number of para-hydroxylation sites is 2. The molecular weight excluding hydrogens is 314 g/mol. The first-order valence-electron chi connectivity index (χ1n) is 8.27. The van der Waals surface area contributed by atoms with Crippen molar-refractivity contribution in [3.8, 4) is 0 Å². The molecule has 0 radical (unpaired) electrons. The maximum Gasteiger partial charge on any atom is 0.253 e. The van der Waals surface area contributed by atoms with Crippen molar-refractivity contribution in [3.63, 3.8) is 0 Å². The Balaban J connectivity index is 1.82. The summed E-state index contributed by atoms with van der Waals surface area (Å²) in [6.07, 6.45) is 0. The lowest BCUT2D eigenvalue weighted by atomic mass is 10.1. The summed E-state index contributed by atoms with van der Waals surface area (Å²) in [6.45, 7) is 1.39. The van der Waals surface area contributed by atoms with Crippen LogP contribution < -0.4 is 5.32 Å². The lowest BCUT2D eigenvalue weighted by Gasteiger charge is -2.11. The summed E-state index contributed by atoms with van der Waals surface area (Å²) in [6, 6.07) is 15.4. The fraction of sp³-hybridized carbons (Fsp3) is 0.200. The predicted molar refractivity (Wildman–Crippen MR) is 99.9 cm³/mol. The van der Waals surface area contributed by atoms with Gasteiger partial charge in [0.25, 0.3) is 5.91 Å². The van der Waals surface area contributed by atoms with Crippen molar-refractivity contribution in [1.82, 2.24) is 15.2 Å². The lowest BCUT2D eigenvalue weighted by molar-refractivity contribution is 0.0952. The normalized spacial score (nSPS) is 11.6.